The van der Waals surface area contributed by atoms with Crippen molar-refractivity contribution in [1.29, 1.82) is 0 Å². The molecule has 6 nitrogen and oxygen atoms in total. The number of carbonyl (C=O) groups is 1. The number of hydrazone groups is 1. The molecule has 0 aliphatic heterocycles. The molecule has 1 aromatic heterocycles. The summed E-state index contributed by atoms with van der Waals surface area (Å²) in [5.74, 6) is -0.654. The van der Waals surface area contributed by atoms with Gasteiger partial charge in [-0.2, -0.15) is 10.2 Å². The normalized spacial score (nSPS) is 11.0. The molecule has 3 aromatic rings. The van der Waals surface area contributed by atoms with Crippen molar-refractivity contribution < 1.29 is 9.90 Å². The van der Waals surface area contributed by atoms with E-state index in [2.05, 4.69) is 15.6 Å². The van der Waals surface area contributed by atoms with Crippen LogP contribution in [0.2, 0.25) is 10.2 Å². The second kappa shape index (κ2) is 7.59. The average Bonchev–Trinajstić information content (AvgIpc) is 2.90. The zero-order valence-electron chi connectivity index (χ0n) is 13.6. The first kappa shape index (κ1) is 18.0. The maximum Gasteiger partial charge on any atom is 0.275 e. The summed E-state index contributed by atoms with van der Waals surface area (Å²) >= 11 is 12.4. The van der Waals surface area contributed by atoms with Crippen molar-refractivity contribution in [1.82, 2.24) is 15.2 Å². The number of hydrogen-bond donors (Lipinski definition) is 2. The number of hydrogen-bond acceptors (Lipinski definition) is 4. The second-order valence-corrected chi connectivity index (χ2v) is 6.19. The summed E-state index contributed by atoms with van der Waals surface area (Å²) in [7, 11) is 0. The van der Waals surface area contributed by atoms with E-state index >= 15 is 0 Å². The Labute approximate surface area is 159 Å². The van der Waals surface area contributed by atoms with Gasteiger partial charge in [-0.25, -0.2) is 10.1 Å². The van der Waals surface area contributed by atoms with Gasteiger partial charge in [0.05, 0.1) is 28.7 Å². The predicted molar refractivity (Wildman–Crippen MR) is 101 cm³/mol. The Morgan fingerprint density at radius 2 is 2.00 bits per heavy atom. The minimum absolute atomic E-state index is 0.122. The van der Waals surface area contributed by atoms with Crippen LogP contribution in [-0.4, -0.2) is 27.0 Å². The van der Waals surface area contributed by atoms with Gasteiger partial charge in [-0.15, -0.1) is 0 Å². The van der Waals surface area contributed by atoms with Gasteiger partial charge < -0.3 is 5.11 Å². The molecule has 1 heterocycles. The molecule has 0 atom stereocenters. The van der Waals surface area contributed by atoms with E-state index in [-0.39, 0.29) is 11.3 Å². The molecule has 0 aliphatic rings. The maximum absolute atomic E-state index is 12.0. The number of phenolic OH excluding ortho intramolecular Hbond substituents is 1. The van der Waals surface area contributed by atoms with Crippen molar-refractivity contribution in [2.45, 2.75) is 6.92 Å². The molecule has 2 aromatic carbocycles. The number of nitrogens with one attached hydrogen (secondary N) is 1. The molecular weight excluding hydrogens is 375 g/mol. The molecule has 8 heteroatoms. The molecule has 0 spiro atoms. The van der Waals surface area contributed by atoms with Gasteiger partial charge in [0, 0.05) is 5.02 Å². The highest BCUT2D eigenvalue weighted by Crippen LogP contribution is 2.23. The molecule has 0 saturated heterocycles. The second-order valence-electron chi connectivity index (χ2n) is 5.40. The lowest BCUT2D eigenvalue weighted by Crippen LogP contribution is -2.17. The van der Waals surface area contributed by atoms with Gasteiger partial charge in [0.15, 0.2) is 0 Å². The molecular formula is C18H14Cl2N4O2. The monoisotopic (exact) mass is 388 g/mol. The summed E-state index contributed by atoms with van der Waals surface area (Å²) in [5.41, 5.74) is 4.39. The predicted octanol–water partition coefficient (Wildman–Crippen LogP) is 3.96. The number of aromatic nitrogens is 2. The van der Waals surface area contributed by atoms with Gasteiger partial charge in [-0.1, -0.05) is 41.4 Å². The van der Waals surface area contributed by atoms with Crippen LogP contribution in [0.15, 0.2) is 53.6 Å². The number of carbonyl (C=O) groups excluding carboxylic acids is 1. The van der Waals surface area contributed by atoms with Gasteiger partial charge in [0.1, 0.15) is 10.9 Å². The Kier molecular flexibility index (Phi) is 5.25. The lowest BCUT2D eigenvalue weighted by molar-refractivity contribution is 0.0952. The number of phenols is 1. The highest BCUT2D eigenvalue weighted by Gasteiger charge is 2.14. The molecule has 0 bridgehead atoms. The van der Waals surface area contributed by atoms with Crippen LogP contribution in [0.4, 0.5) is 0 Å². The highest BCUT2D eigenvalue weighted by atomic mass is 35.5. The van der Waals surface area contributed by atoms with E-state index in [0.717, 1.165) is 0 Å². The average molecular weight is 389 g/mol. The Hall–Kier alpha value is -2.83. The Morgan fingerprint density at radius 1 is 1.23 bits per heavy atom. The Bertz CT molecular complexity index is 999. The van der Waals surface area contributed by atoms with E-state index in [1.807, 2.05) is 6.07 Å². The highest BCUT2D eigenvalue weighted by molar-refractivity contribution is 6.32. The number of aromatic hydroxyl groups is 1. The molecule has 2 N–H and O–H groups in total. The SMILES string of the molecule is Cc1nn(-c2cccc(Cl)c2)c(Cl)c1/C=N/NC(=O)c1ccccc1O. The summed E-state index contributed by atoms with van der Waals surface area (Å²) in [6.45, 7) is 1.78. The number of benzene rings is 2. The molecule has 1 amide bonds. The smallest absolute Gasteiger partial charge is 0.275 e. The quantitative estimate of drug-likeness (QED) is 0.524. The number of para-hydroxylation sites is 1. The van der Waals surface area contributed by atoms with Crippen LogP contribution in [0.5, 0.6) is 5.75 Å². The molecule has 0 saturated carbocycles. The minimum Gasteiger partial charge on any atom is -0.507 e. The first-order valence-corrected chi connectivity index (χ1v) is 8.35. The molecule has 0 aliphatic carbocycles. The van der Waals surface area contributed by atoms with E-state index in [1.165, 1.54) is 23.0 Å². The van der Waals surface area contributed by atoms with Crippen molar-refractivity contribution in [3.8, 4) is 11.4 Å². The summed E-state index contributed by atoms with van der Waals surface area (Å²) in [4.78, 5) is 12.0. The number of amides is 1. The first-order valence-electron chi connectivity index (χ1n) is 7.60. The van der Waals surface area contributed by atoms with Crippen LogP contribution >= 0.6 is 23.2 Å². The number of aryl methyl sites for hydroxylation is 1. The van der Waals surface area contributed by atoms with Crippen LogP contribution in [0.1, 0.15) is 21.6 Å². The minimum atomic E-state index is -0.532. The van der Waals surface area contributed by atoms with E-state index in [9.17, 15) is 9.90 Å². The molecule has 132 valence electrons. The summed E-state index contributed by atoms with van der Waals surface area (Å²) in [6.07, 6.45) is 1.41. The number of nitrogens with zero attached hydrogens (tertiary/aromatic N) is 3. The molecule has 0 unspecified atom stereocenters. The fourth-order valence-corrected chi connectivity index (χ4v) is 2.82. The van der Waals surface area contributed by atoms with E-state index in [1.54, 1.807) is 37.3 Å². The Morgan fingerprint density at radius 3 is 2.73 bits per heavy atom. The van der Waals surface area contributed by atoms with Crippen molar-refractivity contribution in [2.75, 3.05) is 0 Å². The lowest BCUT2D eigenvalue weighted by atomic mass is 10.2. The first-order chi connectivity index (χ1) is 12.5. The van der Waals surface area contributed by atoms with Crippen LogP contribution in [0, 0.1) is 6.92 Å². The topological polar surface area (TPSA) is 79.5 Å². The third kappa shape index (κ3) is 3.71. The standard InChI is InChI=1S/C18H14Cl2N4O2/c1-11-15(10-21-22-18(26)14-7-2-3-8-16(14)25)17(20)24(23-11)13-6-4-5-12(19)9-13/h2-10,25H,1H3,(H,22,26)/b21-10+. The fraction of sp³-hybridized carbons (Fsp3) is 0.0556. The summed E-state index contributed by atoms with van der Waals surface area (Å²) in [6, 6.07) is 13.3. The zero-order valence-corrected chi connectivity index (χ0v) is 15.2. The number of rotatable bonds is 4. The largest absolute Gasteiger partial charge is 0.507 e. The number of halogens is 2. The van der Waals surface area contributed by atoms with Gasteiger partial charge in [0.25, 0.3) is 5.91 Å². The van der Waals surface area contributed by atoms with Crippen LogP contribution in [0.3, 0.4) is 0 Å². The maximum atomic E-state index is 12.0. The van der Waals surface area contributed by atoms with Crippen molar-refractivity contribution in [3.05, 3.63) is 75.5 Å². The van der Waals surface area contributed by atoms with Gasteiger partial charge >= 0.3 is 0 Å². The third-order valence-corrected chi connectivity index (χ3v) is 4.21. The van der Waals surface area contributed by atoms with Crippen LogP contribution < -0.4 is 5.43 Å². The van der Waals surface area contributed by atoms with Gasteiger partial charge in [0.2, 0.25) is 0 Å². The zero-order chi connectivity index (χ0) is 18.7. The van der Waals surface area contributed by atoms with E-state index in [4.69, 9.17) is 23.2 Å². The lowest BCUT2D eigenvalue weighted by Gasteiger charge is -2.03. The van der Waals surface area contributed by atoms with Crippen molar-refractivity contribution >= 4 is 35.3 Å². The van der Waals surface area contributed by atoms with Crippen LogP contribution in [-0.2, 0) is 0 Å². The van der Waals surface area contributed by atoms with E-state index < -0.39 is 5.91 Å². The fourth-order valence-electron chi connectivity index (χ4n) is 2.32. The van der Waals surface area contributed by atoms with Crippen molar-refractivity contribution in [2.24, 2.45) is 5.10 Å². The molecule has 0 fully saturated rings. The summed E-state index contributed by atoms with van der Waals surface area (Å²) < 4.78 is 1.54. The molecule has 0 radical (unpaired) electrons. The van der Waals surface area contributed by atoms with Gasteiger partial charge in [-0.05, 0) is 37.3 Å². The molecule has 26 heavy (non-hydrogen) atoms. The summed E-state index contributed by atoms with van der Waals surface area (Å²) in [5, 5.41) is 18.9. The van der Waals surface area contributed by atoms with E-state index in [0.29, 0.717) is 27.1 Å². The molecule has 3 rings (SSSR count). The van der Waals surface area contributed by atoms with Crippen LogP contribution in [0.25, 0.3) is 5.69 Å². The van der Waals surface area contributed by atoms with Gasteiger partial charge in [-0.3, -0.25) is 4.79 Å². The Balaban J connectivity index is 1.81. The van der Waals surface area contributed by atoms with Crippen molar-refractivity contribution in [3.63, 3.8) is 0 Å². The third-order valence-electron chi connectivity index (χ3n) is 3.61.